The topological polar surface area (TPSA) is 49.8 Å². The van der Waals surface area contributed by atoms with Gasteiger partial charge >= 0.3 is 5.97 Å². The zero-order valence-electron chi connectivity index (χ0n) is 10.2. The molecule has 0 saturated carbocycles. The van der Waals surface area contributed by atoms with E-state index in [-0.39, 0.29) is 0 Å². The molecule has 5 heteroatoms. The number of hydrogen-bond acceptors (Lipinski definition) is 3. The maximum absolute atomic E-state index is 11.5. The number of methoxy groups -OCH3 is 1. The molecule has 0 aliphatic carbocycles. The highest BCUT2D eigenvalue weighted by molar-refractivity contribution is 9.10. The van der Waals surface area contributed by atoms with E-state index in [2.05, 4.69) is 15.9 Å². The van der Waals surface area contributed by atoms with E-state index in [1.807, 2.05) is 17.0 Å². The number of carbonyl (C=O) groups is 1. The Morgan fingerprint density at radius 1 is 1.44 bits per heavy atom. The summed E-state index contributed by atoms with van der Waals surface area (Å²) in [7, 11) is 1.59. The van der Waals surface area contributed by atoms with Gasteiger partial charge in [0.2, 0.25) is 0 Å². The zero-order chi connectivity index (χ0) is 13.1. The molecule has 0 spiro atoms. The summed E-state index contributed by atoms with van der Waals surface area (Å²) in [5.74, 6) is -0.0849. The summed E-state index contributed by atoms with van der Waals surface area (Å²) >= 11 is 3.40. The number of carboxylic acids is 1. The Kier molecular flexibility index (Phi) is 4.24. The van der Waals surface area contributed by atoms with Gasteiger partial charge in [0.25, 0.3) is 0 Å². The van der Waals surface area contributed by atoms with Crippen molar-refractivity contribution in [2.24, 2.45) is 0 Å². The van der Waals surface area contributed by atoms with Crippen molar-refractivity contribution in [2.45, 2.75) is 18.9 Å². The molecule has 4 nitrogen and oxygen atoms in total. The quantitative estimate of drug-likeness (QED) is 0.928. The van der Waals surface area contributed by atoms with Gasteiger partial charge in [-0.1, -0.05) is 6.07 Å². The number of likely N-dealkylation sites (tertiary alicyclic amines) is 1. The molecule has 1 fully saturated rings. The van der Waals surface area contributed by atoms with E-state index in [1.54, 1.807) is 13.2 Å². The van der Waals surface area contributed by atoms with E-state index in [0.717, 1.165) is 36.0 Å². The molecule has 1 aliphatic rings. The van der Waals surface area contributed by atoms with Crippen molar-refractivity contribution in [3.63, 3.8) is 0 Å². The van der Waals surface area contributed by atoms with Crippen LogP contribution in [0.3, 0.4) is 0 Å². The number of carboxylic acid groups (broad SMARTS) is 1. The molecule has 2 rings (SSSR count). The fraction of sp³-hybridized carbons (Fsp3) is 0.462. The van der Waals surface area contributed by atoms with Gasteiger partial charge in [-0.3, -0.25) is 9.69 Å². The van der Waals surface area contributed by atoms with Crippen molar-refractivity contribution in [1.82, 2.24) is 4.90 Å². The van der Waals surface area contributed by atoms with Crippen LogP contribution in [-0.4, -0.2) is 36.2 Å². The van der Waals surface area contributed by atoms with Crippen molar-refractivity contribution in [1.29, 1.82) is 0 Å². The highest BCUT2D eigenvalue weighted by atomic mass is 79.9. The number of nitrogens with zero attached hydrogens (tertiary/aromatic N) is 1. The zero-order valence-corrected chi connectivity index (χ0v) is 11.8. The average molecular weight is 314 g/mol. The molecule has 1 N–H and O–H groups in total. The first-order valence-electron chi connectivity index (χ1n) is 5.94. The van der Waals surface area contributed by atoms with Crippen LogP contribution in [0, 0.1) is 0 Å². The van der Waals surface area contributed by atoms with Crippen LogP contribution in [0.2, 0.25) is 0 Å². The summed E-state index contributed by atoms with van der Waals surface area (Å²) in [6.07, 6.45) is 2.14. The first-order chi connectivity index (χ1) is 8.63. The largest absolute Gasteiger partial charge is 0.496 e. The second-order valence-corrected chi connectivity index (χ2v) is 5.23. The lowest BCUT2D eigenvalue weighted by atomic mass is 10.1. The normalized spacial score (nSPS) is 17.7. The molecule has 0 amide bonds. The predicted octanol–water partition coefficient (Wildman–Crippen LogP) is 2.68. The fourth-order valence-electron chi connectivity index (χ4n) is 2.36. The van der Waals surface area contributed by atoms with Gasteiger partial charge in [0.1, 0.15) is 11.8 Å². The standard InChI is InChI=1S/C13H16BrNO3/c1-18-11-5-4-9(8-10(11)14)12(13(16)17)15-6-2-3-7-15/h4-5,8,12H,2-3,6-7H2,1H3,(H,16,17). The van der Waals surface area contributed by atoms with Crippen LogP contribution in [0.15, 0.2) is 22.7 Å². The highest BCUT2D eigenvalue weighted by Crippen LogP contribution is 2.31. The molecule has 1 heterocycles. The van der Waals surface area contributed by atoms with Gasteiger partial charge in [0.05, 0.1) is 11.6 Å². The van der Waals surface area contributed by atoms with Crippen LogP contribution >= 0.6 is 15.9 Å². The summed E-state index contributed by atoms with van der Waals surface area (Å²) in [4.78, 5) is 13.5. The number of aliphatic carboxylic acids is 1. The van der Waals surface area contributed by atoms with Gasteiger partial charge in [0, 0.05) is 0 Å². The Morgan fingerprint density at radius 3 is 2.61 bits per heavy atom. The van der Waals surface area contributed by atoms with Crippen LogP contribution in [0.5, 0.6) is 5.75 Å². The van der Waals surface area contributed by atoms with Crippen molar-refractivity contribution < 1.29 is 14.6 Å². The second-order valence-electron chi connectivity index (χ2n) is 4.38. The van der Waals surface area contributed by atoms with Gasteiger partial charge in [-0.2, -0.15) is 0 Å². The van der Waals surface area contributed by atoms with Gasteiger partial charge in [-0.05, 0) is 59.6 Å². The van der Waals surface area contributed by atoms with Gasteiger partial charge in [-0.15, -0.1) is 0 Å². The highest BCUT2D eigenvalue weighted by Gasteiger charge is 2.29. The fourth-order valence-corrected chi connectivity index (χ4v) is 2.92. The van der Waals surface area contributed by atoms with Gasteiger partial charge in [0.15, 0.2) is 0 Å². The lowest BCUT2D eigenvalue weighted by Crippen LogP contribution is -2.31. The van der Waals surface area contributed by atoms with E-state index in [9.17, 15) is 9.90 Å². The Labute approximate surface area is 115 Å². The number of rotatable bonds is 4. The monoisotopic (exact) mass is 313 g/mol. The van der Waals surface area contributed by atoms with Gasteiger partial charge in [-0.25, -0.2) is 0 Å². The van der Waals surface area contributed by atoms with Crippen LogP contribution in [-0.2, 0) is 4.79 Å². The average Bonchev–Trinajstić information content (AvgIpc) is 2.82. The van der Waals surface area contributed by atoms with E-state index in [0.29, 0.717) is 5.75 Å². The first-order valence-corrected chi connectivity index (χ1v) is 6.73. The Balaban J connectivity index is 2.30. The SMILES string of the molecule is COc1ccc(C(C(=O)O)N2CCCC2)cc1Br. The van der Waals surface area contributed by atoms with Crippen molar-refractivity contribution in [3.8, 4) is 5.75 Å². The van der Waals surface area contributed by atoms with Crippen LogP contribution in [0.1, 0.15) is 24.4 Å². The summed E-state index contributed by atoms with van der Waals surface area (Å²) < 4.78 is 5.94. The summed E-state index contributed by atoms with van der Waals surface area (Å²) in [6.45, 7) is 1.70. The van der Waals surface area contributed by atoms with E-state index < -0.39 is 12.0 Å². The second kappa shape index (κ2) is 5.71. The Hall–Kier alpha value is -1.07. The van der Waals surface area contributed by atoms with Crippen LogP contribution < -0.4 is 4.74 Å². The molecule has 18 heavy (non-hydrogen) atoms. The minimum atomic E-state index is -0.797. The smallest absolute Gasteiger partial charge is 0.325 e. The molecule has 0 aromatic heterocycles. The van der Waals surface area contributed by atoms with Crippen LogP contribution in [0.25, 0.3) is 0 Å². The summed E-state index contributed by atoms with van der Waals surface area (Å²) in [6, 6.07) is 4.89. The van der Waals surface area contributed by atoms with E-state index in [1.165, 1.54) is 0 Å². The third-order valence-corrected chi connectivity index (χ3v) is 3.85. The molecule has 1 aromatic carbocycles. The lowest BCUT2D eigenvalue weighted by molar-refractivity contribution is -0.143. The van der Waals surface area contributed by atoms with E-state index >= 15 is 0 Å². The predicted molar refractivity (Wildman–Crippen MR) is 71.9 cm³/mol. The van der Waals surface area contributed by atoms with E-state index in [4.69, 9.17) is 4.74 Å². The minimum absolute atomic E-state index is 0.560. The molecule has 1 unspecified atom stereocenters. The molecular weight excluding hydrogens is 298 g/mol. The number of benzene rings is 1. The summed E-state index contributed by atoms with van der Waals surface area (Å²) in [5.41, 5.74) is 0.789. The number of ether oxygens (including phenoxy) is 1. The van der Waals surface area contributed by atoms with Crippen LogP contribution in [0.4, 0.5) is 0 Å². The van der Waals surface area contributed by atoms with Crippen molar-refractivity contribution in [3.05, 3.63) is 28.2 Å². The molecular formula is C13H16BrNO3. The molecule has 0 radical (unpaired) electrons. The molecule has 1 atom stereocenters. The first kappa shape index (κ1) is 13.4. The maximum Gasteiger partial charge on any atom is 0.325 e. The maximum atomic E-state index is 11.5. The third-order valence-electron chi connectivity index (χ3n) is 3.23. The van der Waals surface area contributed by atoms with Gasteiger partial charge < -0.3 is 9.84 Å². The Bertz CT molecular complexity index is 444. The molecule has 1 aromatic rings. The lowest BCUT2D eigenvalue weighted by Gasteiger charge is -2.24. The molecule has 98 valence electrons. The Morgan fingerprint density at radius 2 is 2.11 bits per heavy atom. The number of hydrogen-bond donors (Lipinski definition) is 1. The van der Waals surface area contributed by atoms with Crippen molar-refractivity contribution >= 4 is 21.9 Å². The minimum Gasteiger partial charge on any atom is -0.496 e. The molecule has 0 bridgehead atoms. The summed E-state index contributed by atoms with van der Waals surface area (Å²) in [5, 5.41) is 9.42. The number of halogens is 1. The molecule has 1 saturated heterocycles. The van der Waals surface area contributed by atoms with Crippen molar-refractivity contribution in [2.75, 3.05) is 20.2 Å². The third kappa shape index (κ3) is 2.67. The molecule has 1 aliphatic heterocycles.